The monoisotopic (exact) mass is 295 g/mol. The molecule has 1 aromatic heterocycles. The fraction of sp³-hybridized carbons (Fsp3) is 0.800. The number of nitrogens with one attached hydrogen (secondary N) is 1. The molecule has 5 atom stereocenters. The SMILES string of the molecule is CC(C)(C)CCNC1C2COC(O2)C(n2cccn2)C1O. The zero-order valence-corrected chi connectivity index (χ0v) is 12.9. The van der Waals surface area contributed by atoms with Crippen LogP contribution in [0.4, 0.5) is 0 Å². The Balaban J connectivity index is 1.69. The van der Waals surface area contributed by atoms with Crippen LogP contribution in [0.1, 0.15) is 33.2 Å². The molecule has 2 fully saturated rings. The molecule has 0 radical (unpaired) electrons. The zero-order chi connectivity index (χ0) is 15.0. The number of aromatic nitrogens is 2. The third-order valence-electron chi connectivity index (χ3n) is 4.22. The highest BCUT2D eigenvalue weighted by Crippen LogP contribution is 2.35. The van der Waals surface area contributed by atoms with Crippen molar-refractivity contribution in [1.29, 1.82) is 0 Å². The van der Waals surface area contributed by atoms with Crippen molar-refractivity contribution in [2.45, 2.75) is 57.8 Å². The van der Waals surface area contributed by atoms with Gasteiger partial charge in [0.25, 0.3) is 0 Å². The summed E-state index contributed by atoms with van der Waals surface area (Å²) in [6.07, 6.45) is 3.51. The third kappa shape index (κ3) is 3.13. The number of aliphatic hydroxyl groups is 1. The molecule has 2 N–H and O–H groups in total. The highest BCUT2D eigenvalue weighted by atomic mass is 16.7. The Morgan fingerprint density at radius 2 is 2.24 bits per heavy atom. The van der Waals surface area contributed by atoms with Crippen molar-refractivity contribution in [1.82, 2.24) is 15.1 Å². The summed E-state index contributed by atoms with van der Waals surface area (Å²) in [4.78, 5) is 0. The number of fused-ring (bicyclic) bond motifs is 2. The van der Waals surface area contributed by atoms with Gasteiger partial charge in [0.2, 0.25) is 0 Å². The molecule has 21 heavy (non-hydrogen) atoms. The minimum Gasteiger partial charge on any atom is -0.389 e. The Hall–Kier alpha value is -0.950. The Bertz CT molecular complexity index is 457. The average Bonchev–Trinajstić information content (AvgIpc) is 3.03. The Morgan fingerprint density at radius 1 is 1.43 bits per heavy atom. The quantitative estimate of drug-likeness (QED) is 0.865. The smallest absolute Gasteiger partial charge is 0.183 e. The predicted molar refractivity (Wildman–Crippen MR) is 77.7 cm³/mol. The van der Waals surface area contributed by atoms with E-state index >= 15 is 0 Å². The van der Waals surface area contributed by atoms with E-state index in [1.807, 2.05) is 12.3 Å². The molecule has 2 bridgehead atoms. The van der Waals surface area contributed by atoms with Gasteiger partial charge in [-0.3, -0.25) is 4.68 Å². The number of rotatable bonds is 4. The molecule has 1 aromatic rings. The van der Waals surface area contributed by atoms with E-state index in [1.54, 1.807) is 10.9 Å². The van der Waals surface area contributed by atoms with Gasteiger partial charge in [-0.1, -0.05) is 20.8 Å². The summed E-state index contributed by atoms with van der Waals surface area (Å²) in [6, 6.07) is 1.42. The maximum absolute atomic E-state index is 10.7. The van der Waals surface area contributed by atoms with Crippen LogP contribution in [0.2, 0.25) is 0 Å². The van der Waals surface area contributed by atoms with E-state index in [-0.39, 0.29) is 23.6 Å². The first-order valence-electron chi connectivity index (χ1n) is 7.63. The van der Waals surface area contributed by atoms with E-state index in [1.165, 1.54) is 0 Å². The highest BCUT2D eigenvalue weighted by molar-refractivity contribution is 5.00. The molecule has 6 nitrogen and oxygen atoms in total. The molecule has 3 rings (SSSR count). The average molecular weight is 295 g/mol. The summed E-state index contributed by atoms with van der Waals surface area (Å²) in [5.74, 6) is 0. The van der Waals surface area contributed by atoms with Gasteiger partial charge in [0.05, 0.1) is 18.8 Å². The van der Waals surface area contributed by atoms with Crippen LogP contribution in [0, 0.1) is 5.41 Å². The Morgan fingerprint density at radius 3 is 2.90 bits per heavy atom. The molecule has 0 spiro atoms. The van der Waals surface area contributed by atoms with Crippen molar-refractivity contribution in [3.05, 3.63) is 18.5 Å². The van der Waals surface area contributed by atoms with E-state index in [9.17, 15) is 5.11 Å². The zero-order valence-electron chi connectivity index (χ0n) is 12.9. The summed E-state index contributed by atoms with van der Waals surface area (Å²) < 4.78 is 13.3. The predicted octanol–water partition coefficient (Wildman–Crippen LogP) is 0.935. The van der Waals surface area contributed by atoms with Crippen molar-refractivity contribution in [2.75, 3.05) is 13.2 Å². The van der Waals surface area contributed by atoms with Gasteiger partial charge < -0.3 is 19.9 Å². The summed E-state index contributed by atoms with van der Waals surface area (Å²) in [6.45, 7) is 8.01. The normalized spacial score (nSPS) is 36.1. The molecule has 2 saturated heterocycles. The number of ether oxygens (including phenoxy) is 2. The first-order chi connectivity index (χ1) is 9.96. The molecular formula is C15H25N3O3. The van der Waals surface area contributed by atoms with Gasteiger partial charge >= 0.3 is 0 Å². The van der Waals surface area contributed by atoms with E-state index in [0.29, 0.717) is 6.61 Å². The lowest BCUT2D eigenvalue weighted by atomic mass is 9.91. The highest BCUT2D eigenvalue weighted by Gasteiger charge is 2.50. The largest absolute Gasteiger partial charge is 0.389 e. The van der Waals surface area contributed by atoms with Gasteiger partial charge in [-0.2, -0.15) is 5.10 Å². The van der Waals surface area contributed by atoms with Crippen LogP contribution < -0.4 is 5.32 Å². The van der Waals surface area contributed by atoms with Gasteiger partial charge in [0.15, 0.2) is 6.29 Å². The molecular weight excluding hydrogens is 270 g/mol. The Labute approximate surface area is 125 Å². The molecule has 0 aliphatic carbocycles. The molecule has 5 unspecified atom stereocenters. The molecule has 2 aliphatic heterocycles. The van der Waals surface area contributed by atoms with E-state index < -0.39 is 12.4 Å². The standard InChI is InChI=1S/C15H25N3O3/c1-15(2,3)5-7-16-11-10-9-20-14(21-10)12(13(11)19)18-8-4-6-17-18/h4,6,8,10-14,16,19H,5,7,9H2,1-3H3. The summed E-state index contributed by atoms with van der Waals surface area (Å²) in [5, 5.41) is 18.4. The lowest BCUT2D eigenvalue weighted by molar-refractivity contribution is -0.168. The lowest BCUT2D eigenvalue weighted by Crippen LogP contribution is -2.58. The van der Waals surface area contributed by atoms with E-state index in [2.05, 4.69) is 31.2 Å². The second-order valence-corrected chi connectivity index (χ2v) is 7.13. The molecule has 0 aromatic carbocycles. The second-order valence-electron chi connectivity index (χ2n) is 7.13. The molecule has 118 valence electrons. The third-order valence-corrected chi connectivity index (χ3v) is 4.22. The lowest BCUT2D eigenvalue weighted by Gasteiger charge is -2.39. The van der Waals surface area contributed by atoms with Gasteiger partial charge in [-0.05, 0) is 24.4 Å². The van der Waals surface area contributed by atoms with Crippen molar-refractivity contribution in [3.8, 4) is 0 Å². The molecule has 2 aliphatic rings. The maximum Gasteiger partial charge on any atom is 0.183 e. The summed E-state index contributed by atoms with van der Waals surface area (Å²) >= 11 is 0. The van der Waals surface area contributed by atoms with Crippen LogP contribution in [0.3, 0.4) is 0 Å². The molecule has 3 heterocycles. The van der Waals surface area contributed by atoms with Gasteiger partial charge in [-0.15, -0.1) is 0 Å². The van der Waals surface area contributed by atoms with Gasteiger partial charge in [-0.25, -0.2) is 0 Å². The van der Waals surface area contributed by atoms with Crippen molar-refractivity contribution in [3.63, 3.8) is 0 Å². The minimum absolute atomic E-state index is 0.0863. The topological polar surface area (TPSA) is 68.5 Å². The van der Waals surface area contributed by atoms with Gasteiger partial charge in [0, 0.05) is 12.4 Å². The van der Waals surface area contributed by atoms with Crippen LogP contribution in [0.5, 0.6) is 0 Å². The number of hydrogen-bond donors (Lipinski definition) is 2. The summed E-state index contributed by atoms with van der Waals surface area (Å²) in [5.41, 5.74) is 0.267. The first kappa shape index (κ1) is 15.0. The van der Waals surface area contributed by atoms with Crippen molar-refractivity contribution >= 4 is 0 Å². The van der Waals surface area contributed by atoms with Crippen LogP contribution in [0.15, 0.2) is 18.5 Å². The van der Waals surface area contributed by atoms with Crippen LogP contribution >= 0.6 is 0 Å². The second kappa shape index (κ2) is 5.68. The first-order valence-corrected chi connectivity index (χ1v) is 7.63. The Kier molecular flexibility index (Phi) is 4.05. The number of nitrogens with zero attached hydrogens (tertiary/aromatic N) is 2. The number of hydrogen-bond acceptors (Lipinski definition) is 5. The minimum atomic E-state index is -0.573. The van der Waals surface area contributed by atoms with Crippen LogP contribution in [-0.4, -0.2) is 52.6 Å². The van der Waals surface area contributed by atoms with E-state index in [4.69, 9.17) is 9.47 Å². The fourth-order valence-corrected chi connectivity index (χ4v) is 3.01. The van der Waals surface area contributed by atoms with Crippen molar-refractivity contribution in [2.24, 2.45) is 5.41 Å². The summed E-state index contributed by atoms with van der Waals surface area (Å²) in [7, 11) is 0. The van der Waals surface area contributed by atoms with E-state index in [0.717, 1.165) is 13.0 Å². The molecule has 0 saturated carbocycles. The fourth-order valence-electron chi connectivity index (χ4n) is 3.01. The van der Waals surface area contributed by atoms with Crippen LogP contribution in [-0.2, 0) is 9.47 Å². The molecule has 6 heteroatoms. The maximum atomic E-state index is 10.7. The van der Waals surface area contributed by atoms with Crippen LogP contribution in [0.25, 0.3) is 0 Å². The van der Waals surface area contributed by atoms with Crippen molar-refractivity contribution < 1.29 is 14.6 Å². The van der Waals surface area contributed by atoms with Gasteiger partial charge in [0.1, 0.15) is 12.1 Å². The number of aliphatic hydroxyl groups excluding tert-OH is 1. The molecule has 0 amide bonds.